The fourth-order valence-electron chi connectivity index (χ4n) is 3.78. The van der Waals surface area contributed by atoms with Crippen molar-refractivity contribution in [2.75, 3.05) is 23.9 Å². The van der Waals surface area contributed by atoms with Gasteiger partial charge in [0.25, 0.3) is 11.8 Å². The van der Waals surface area contributed by atoms with E-state index in [0.29, 0.717) is 22.8 Å². The summed E-state index contributed by atoms with van der Waals surface area (Å²) in [5, 5.41) is 0. The summed E-state index contributed by atoms with van der Waals surface area (Å²) >= 11 is 0. The molecule has 0 aromatic heterocycles. The molecule has 0 radical (unpaired) electrons. The first kappa shape index (κ1) is 18.0. The minimum Gasteiger partial charge on any atom is -0.309 e. The molecule has 146 valence electrons. The van der Waals surface area contributed by atoms with E-state index in [1.165, 1.54) is 0 Å². The number of fused-ring (bicyclic) bond motifs is 2. The van der Waals surface area contributed by atoms with E-state index in [9.17, 15) is 9.59 Å². The van der Waals surface area contributed by atoms with E-state index in [0.717, 1.165) is 22.5 Å². The smallest absolute Gasteiger partial charge is 0.277 e. The summed E-state index contributed by atoms with van der Waals surface area (Å²) in [5.74, 6) is -0.256. The largest absolute Gasteiger partial charge is 0.309 e. The van der Waals surface area contributed by atoms with Gasteiger partial charge in [0.1, 0.15) is 11.4 Å². The molecule has 0 saturated heterocycles. The predicted molar refractivity (Wildman–Crippen MR) is 119 cm³/mol. The molecule has 0 fully saturated rings. The van der Waals surface area contributed by atoms with Gasteiger partial charge in [-0.05, 0) is 36.4 Å². The Labute approximate surface area is 173 Å². The first-order valence-electron chi connectivity index (χ1n) is 9.57. The first-order valence-corrected chi connectivity index (χ1v) is 9.57. The number of benzene rings is 3. The zero-order valence-corrected chi connectivity index (χ0v) is 16.5. The summed E-state index contributed by atoms with van der Waals surface area (Å²) in [5.41, 5.74) is 5.52. The van der Waals surface area contributed by atoms with Crippen molar-refractivity contribution in [2.45, 2.75) is 0 Å². The fraction of sp³-hybridized carbons (Fsp3) is 0.0833. The highest BCUT2D eigenvalue weighted by molar-refractivity contribution is 6.55. The molecule has 0 atom stereocenters. The van der Waals surface area contributed by atoms with Gasteiger partial charge < -0.3 is 9.80 Å². The van der Waals surface area contributed by atoms with E-state index in [2.05, 4.69) is 9.98 Å². The molecule has 2 aliphatic heterocycles. The third-order valence-electron chi connectivity index (χ3n) is 5.39. The lowest BCUT2D eigenvalue weighted by Gasteiger charge is -2.07. The summed E-state index contributed by atoms with van der Waals surface area (Å²) in [7, 11) is 3.49. The molecular weight excluding hydrogens is 376 g/mol. The normalized spacial score (nSPS) is 17.8. The van der Waals surface area contributed by atoms with E-state index < -0.39 is 0 Å². The van der Waals surface area contributed by atoms with E-state index >= 15 is 0 Å². The zero-order chi connectivity index (χ0) is 20.8. The summed E-state index contributed by atoms with van der Waals surface area (Å²) < 4.78 is 0. The highest BCUT2D eigenvalue weighted by atomic mass is 16.2. The molecule has 6 heteroatoms. The molecule has 6 nitrogen and oxygen atoms in total. The SMILES string of the molecule is CN1C(=O)C(=Nc2ccc(N=C3C(=O)N(C)c4ccccc43)cc2)c2ccccc21. The van der Waals surface area contributed by atoms with Gasteiger partial charge in [-0.2, -0.15) is 0 Å². The van der Waals surface area contributed by atoms with Gasteiger partial charge in [-0.3, -0.25) is 9.59 Å². The molecule has 0 bridgehead atoms. The monoisotopic (exact) mass is 394 g/mol. The third-order valence-corrected chi connectivity index (χ3v) is 5.39. The molecule has 0 unspecified atom stereocenters. The van der Waals surface area contributed by atoms with Gasteiger partial charge in [0.2, 0.25) is 0 Å². The van der Waals surface area contributed by atoms with E-state index in [1.54, 1.807) is 48.2 Å². The minimum atomic E-state index is -0.128. The molecule has 3 aromatic carbocycles. The Hall–Kier alpha value is -4.06. The van der Waals surface area contributed by atoms with Gasteiger partial charge in [-0.1, -0.05) is 36.4 Å². The molecular formula is C24H18N4O2. The quantitative estimate of drug-likeness (QED) is 0.662. The van der Waals surface area contributed by atoms with Gasteiger partial charge in [-0.15, -0.1) is 0 Å². The van der Waals surface area contributed by atoms with Crippen molar-refractivity contribution in [3.8, 4) is 0 Å². The molecule has 0 N–H and O–H groups in total. The summed E-state index contributed by atoms with van der Waals surface area (Å²) in [6.07, 6.45) is 0. The molecule has 0 spiro atoms. The Kier molecular flexibility index (Phi) is 4.06. The average molecular weight is 394 g/mol. The van der Waals surface area contributed by atoms with Crippen LogP contribution in [0.5, 0.6) is 0 Å². The van der Waals surface area contributed by atoms with Crippen molar-refractivity contribution in [3.05, 3.63) is 83.9 Å². The Bertz CT molecular complexity index is 1160. The second-order valence-electron chi connectivity index (χ2n) is 7.20. The maximum atomic E-state index is 12.6. The van der Waals surface area contributed by atoms with Crippen molar-refractivity contribution in [1.82, 2.24) is 0 Å². The molecule has 0 saturated carbocycles. The van der Waals surface area contributed by atoms with Crippen LogP contribution in [0.15, 0.2) is 82.8 Å². The number of anilines is 2. The number of hydrogen-bond acceptors (Lipinski definition) is 4. The minimum absolute atomic E-state index is 0.128. The number of amides is 2. The lowest BCUT2D eigenvalue weighted by molar-refractivity contribution is -0.112. The van der Waals surface area contributed by atoms with E-state index in [4.69, 9.17) is 0 Å². The average Bonchev–Trinajstić information content (AvgIpc) is 3.16. The number of nitrogens with zero attached hydrogens (tertiary/aromatic N) is 4. The van der Waals surface area contributed by atoms with Gasteiger partial charge in [-0.25, -0.2) is 9.98 Å². The third kappa shape index (κ3) is 2.73. The van der Waals surface area contributed by atoms with E-state index in [-0.39, 0.29) is 11.8 Å². The molecule has 2 aliphatic rings. The number of para-hydroxylation sites is 2. The Morgan fingerprint density at radius 2 is 0.933 bits per heavy atom. The molecule has 3 aromatic rings. The number of carbonyl (C=O) groups is 2. The summed E-state index contributed by atoms with van der Waals surface area (Å²) in [4.78, 5) is 37.5. The molecule has 0 aliphatic carbocycles. The zero-order valence-electron chi connectivity index (χ0n) is 16.5. The Morgan fingerprint density at radius 1 is 0.567 bits per heavy atom. The number of carbonyl (C=O) groups excluding carboxylic acids is 2. The maximum Gasteiger partial charge on any atom is 0.277 e. The van der Waals surface area contributed by atoms with Crippen molar-refractivity contribution in [3.63, 3.8) is 0 Å². The highest BCUT2D eigenvalue weighted by Gasteiger charge is 2.32. The van der Waals surface area contributed by atoms with Crippen LogP contribution in [0.25, 0.3) is 0 Å². The van der Waals surface area contributed by atoms with Gasteiger partial charge >= 0.3 is 0 Å². The van der Waals surface area contributed by atoms with Crippen LogP contribution >= 0.6 is 0 Å². The molecule has 2 heterocycles. The van der Waals surface area contributed by atoms with Gasteiger partial charge in [0.05, 0.1) is 22.7 Å². The van der Waals surface area contributed by atoms with Crippen molar-refractivity contribution in [2.24, 2.45) is 9.98 Å². The number of hydrogen-bond donors (Lipinski definition) is 0. The van der Waals surface area contributed by atoms with Gasteiger partial charge in [0.15, 0.2) is 0 Å². The van der Waals surface area contributed by atoms with Crippen LogP contribution in [0.2, 0.25) is 0 Å². The molecule has 2 amide bonds. The van der Waals surface area contributed by atoms with Crippen LogP contribution < -0.4 is 9.80 Å². The van der Waals surface area contributed by atoms with Crippen LogP contribution in [0, 0.1) is 0 Å². The lowest BCUT2D eigenvalue weighted by Crippen LogP contribution is -2.25. The topological polar surface area (TPSA) is 65.3 Å². The van der Waals surface area contributed by atoms with Gasteiger partial charge in [0, 0.05) is 25.2 Å². The van der Waals surface area contributed by atoms with Crippen LogP contribution in [0.1, 0.15) is 11.1 Å². The van der Waals surface area contributed by atoms with Crippen LogP contribution in [0.3, 0.4) is 0 Å². The number of rotatable bonds is 2. The Balaban J connectivity index is 1.48. The molecule has 30 heavy (non-hydrogen) atoms. The van der Waals surface area contributed by atoms with Crippen LogP contribution in [-0.4, -0.2) is 37.3 Å². The van der Waals surface area contributed by atoms with Crippen molar-refractivity contribution < 1.29 is 9.59 Å². The highest BCUT2D eigenvalue weighted by Crippen LogP contribution is 2.31. The predicted octanol–water partition coefficient (Wildman–Crippen LogP) is 3.88. The number of aliphatic imine (C=N–C) groups is 2. The first-order chi connectivity index (χ1) is 14.5. The Morgan fingerprint density at radius 3 is 1.33 bits per heavy atom. The van der Waals surface area contributed by atoms with E-state index in [1.807, 2.05) is 48.5 Å². The second kappa shape index (κ2) is 6.77. The summed E-state index contributed by atoms with van der Waals surface area (Å²) in [6, 6.07) is 22.4. The van der Waals surface area contributed by atoms with Crippen molar-refractivity contribution in [1.29, 1.82) is 0 Å². The van der Waals surface area contributed by atoms with Crippen LogP contribution in [0.4, 0.5) is 22.7 Å². The number of likely N-dealkylation sites (N-methyl/N-ethyl adjacent to an activating group) is 2. The van der Waals surface area contributed by atoms with Crippen LogP contribution in [-0.2, 0) is 9.59 Å². The standard InChI is InChI=1S/C24H18N4O2/c1-27-19-9-5-3-7-17(19)21(23(27)29)25-15-11-13-16(14-12-15)26-22-18-8-4-6-10-20(18)28(2)24(22)30/h3-14H,1-2H3. The second-order valence-corrected chi connectivity index (χ2v) is 7.20. The fourth-order valence-corrected chi connectivity index (χ4v) is 3.78. The molecule has 5 rings (SSSR count). The lowest BCUT2D eigenvalue weighted by atomic mass is 10.1. The maximum absolute atomic E-state index is 12.6. The van der Waals surface area contributed by atoms with Crippen molar-refractivity contribution >= 4 is 46.0 Å². The summed E-state index contributed by atoms with van der Waals surface area (Å²) in [6.45, 7) is 0.